The van der Waals surface area contributed by atoms with Crippen LogP contribution in [0.1, 0.15) is 31.2 Å². The van der Waals surface area contributed by atoms with Crippen LogP contribution in [0.4, 0.5) is 0 Å². The number of aliphatic hydroxyl groups excluding tert-OH is 1. The molecule has 1 N–H and O–H groups in total. The lowest BCUT2D eigenvalue weighted by Gasteiger charge is -2.41. The van der Waals surface area contributed by atoms with Gasteiger partial charge in [-0.15, -0.1) is 0 Å². The highest BCUT2D eigenvalue weighted by Crippen LogP contribution is 2.50. The average molecular weight is 330 g/mol. The van der Waals surface area contributed by atoms with E-state index in [0.29, 0.717) is 12.6 Å². The predicted molar refractivity (Wildman–Crippen MR) is 100 cm³/mol. The average Bonchev–Trinajstić information content (AvgIpc) is 2.81. The fourth-order valence-electron chi connectivity index (χ4n) is 4.60. The second kappa shape index (κ2) is 6.54. The van der Waals surface area contributed by atoms with E-state index in [1.165, 1.54) is 24.8 Å². The highest BCUT2D eigenvalue weighted by atomic mass is 28.3. The fraction of sp³-hybridized carbons (Fsp3) is 0.600. The summed E-state index contributed by atoms with van der Waals surface area (Å²) >= 11 is 0. The molecule has 2 fully saturated rings. The molecular weight excluding hydrogens is 298 g/mol. The fourth-order valence-corrected chi connectivity index (χ4v) is 6.02. The van der Waals surface area contributed by atoms with Crippen molar-refractivity contribution in [3.05, 3.63) is 47.2 Å². The van der Waals surface area contributed by atoms with Crippen molar-refractivity contribution in [1.82, 2.24) is 4.90 Å². The Labute approximate surface area is 142 Å². The number of fused-ring (bicyclic) bond motifs is 1. The van der Waals surface area contributed by atoms with Crippen LogP contribution in [0.15, 0.2) is 41.6 Å². The number of aliphatic hydroxyl groups is 1. The van der Waals surface area contributed by atoms with E-state index in [1.54, 1.807) is 5.57 Å². The van der Waals surface area contributed by atoms with Crippen LogP contribution < -0.4 is 0 Å². The maximum absolute atomic E-state index is 10.4. The number of likely N-dealkylation sites (tertiary alicyclic amines) is 1. The van der Waals surface area contributed by atoms with Gasteiger partial charge in [-0.25, -0.2) is 0 Å². The second-order valence-electron chi connectivity index (χ2n) is 8.50. The Morgan fingerprint density at radius 1 is 1.22 bits per heavy atom. The van der Waals surface area contributed by atoms with Gasteiger partial charge in [0.2, 0.25) is 0 Å². The molecule has 0 spiro atoms. The highest BCUT2D eigenvalue weighted by Gasteiger charge is 2.51. The number of nitrogens with zero attached hydrogens (tertiary/aromatic N) is 1. The van der Waals surface area contributed by atoms with Crippen LogP contribution in [-0.4, -0.2) is 37.3 Å². The van der Waals surface area contributed by atoms with Gasteiger partial charge in [-0.2, -0.15) is 0 Å². The first-order valence-corrected chi connectivity index (χ1v) is 12.6. The van der Waals surface area contributed by atoms with Gasteiger partial charge in [0, 0.05) is 24.5 Å². The summed E-state index contributed by atoms with van der Waals surface area (Å²) in [5.41, 5.74) is 5.54. The lowest BCUT2D eigenvalue weighted by Crippen LogP contribution is -2.44. The summed E-state index contributed by atoms with van der Waals surface area (Å²) in [6, 6.07) is 11.3. The lowest BCUT2D eigenvalue weighted by atomic mass is 9.69. The van der Waals surface area contributed by atoms with Gasteiger partial charge in [0.15, 0.2) is 0 Å². The van der Waals surface area contributed by atoms with E-state index in [2.05, 4.69) is 60.6 Å². The summed E-state index contributed by atoms with van der Waals surface area (Å²) in [7, 11) is -1.28. The molecule has 3 rings (SSSR count). The number of rotatable bonds is 4. The van der Waals surface area contributed by atoms with Crippen LogP contribution in [0, 0.1) is 5.41 Å². The van der Waals surface area contributed by atoms with Gasteiger partial charge >= 0.3 is 0 Å². The van der Waals surface area contributed by atoms with Gasteiger partial charge in [0.05, 0.1) is 14.7 Å². The highest BCUT2D eigenvalue weighted by molar-refractivity contribution is 6.81. The van der Waals surface area contributed by atoms with Crippen molar-refractivity contribution in [2.45, 2.75) is 57.9 Å². The molecule has 1 heterocycles. The van der Waals surface area contributed by atoms with Gasteiger partial charge in [-0.05, 0) is 18.4 Å². The third kappa shape index (κ3) is 3.47. The van der Waals surface area contributed by atoms with Crippen molar-refractivity contribution in [1.29, 1.82) is 0 Å². The molecule has 1 aliphatic carbocycles. The first-order valence-electron chi connectivity index (χ1n) is 9.06. The minimum atomic E-state index is -1.28. The molecule has 0 bridgehead atoms. The topological polar surface area (TPSA) is 23.5 Å². The molecule has 0 aromatic heterocycles. The van der Waals surface area contributed by atoms with Crippen LogP contribution >= 0.6 is 0 Å². The second-order valence-corrected chi connectivity index (χ2v) is 13.5. The number of benzene rings is 1. The Hall–Kier alpha value is -0.903. The molecule has 2 nitrogen and oxygen atoms in total. The molecule has 1 saturated heterocycles. The summed E-state index contributed by atoms with van der Waals surface area (Å²) in [5, 5.41) is 10.4. The zero-order valence-corrected chi connectivity index (χ0v) is 15.9. The SMILES string of the molecule is C[Si](C)(C)/C=C1\CN(Cc2ccccc2)[C@H]2CCCC[C@@]12CO. The van der Waals surface area contributed by atoms with Crippen molar-refractivity contribution in [2.75, 3.05) is 13.2 Å². The van der Waals surface area contributed by atoms with Crippen LogP contribution in [-0.2, 0) is 6.54 Å². The van der Waals surface area contributed by atoms with Crippen molar-refractivity contribution < 1.29 is 5.11 Å². The molecule has 1 aliphatic heterocycles. The standard InChI is InChI=1S/C20H31NOSi/c1-23(2,3)15-18-14-21(13-17-9-5-4-6-10-17)19-11-7-8-12-20(18,19)16-22/h4-6,9-10,15,19,22H,7-8,11-14,16H2,1-3H3/b18-15+/t19-,20+/m0/s1. The third-order valence-electron chi connectivity index (χ3n) is 5.56. The molecule has 1 aromatic carbocycles. The van der Waals surface area contributed by atoms with E-state index in [9.17, 15) is 5.11 Å². The minimum Gasteiger partial charge on any atom is -0.395 e. The van der Waals surface area contributed by atoms with Crippen LogP contribution in [0.3, 0.4) is 0 Å². The van der Waals surface area contributed by atoms with Crippen LogP contribution in [0.2, 0.25) is 19.6 Å². The Kier molecular flexibility index (Phi) is 4.82. The molecule has 0 radical (unpaired) electrons. The zero-order chi connectivity index (χ0) is 16.5. The normalized spacial score (nSPS) is 30.6. The largest absolute Gasteiger partial charge is 0.395 e. The smallest absolute Gasteiger partial charge is 0.0687 e. The molecule has 0 amide bonds. The molecule has 0 unspecified atom stereocenters. The molecule has 23 heavy (non-hydrogen) atoms. The van der Waals surface area contributed by atoms with Crippen molar-refractivity contribution in [2.24, 2.45) is 5.41 Å². The molecule has 1 aromatic rings. The zero-order valence-electron chi connectivity index (χ0n) is 14.9. The van der Waals surface area contributed by atoms with E-state index < -0.39 is 8.07 Å². The summed E-state index contributed by atoms with van der Waals surface area (Å²) < 4.78 is 0. The predicted octanol–water partition coefficient (Wildman–Crippen LogP) is 4.23. The Bertz CT molecular complexity index is 563. The lowest BCUT2D eigenvalue weighted by molar-refractivity contribution is 0.0536. The summed E-state index contributed by atoms with van der Waals surface area (Å²) in [6.45, 7) is 9.59. The van der Waals surface area contributed by atoms with Crippen LogP contribution in [0.25, 0.3) is 0 Å². The van der Waals surface area contributed by atoms with Crippen molar-refractivity contribution >= 4 is 8.07 Å². The number of hydrogen-bond acceptors (Lipinski definition) is 2. The van der Waals surface area contributed by atoms with Crippen molar-refractivity contribution in [3.8, 4) is 0 Å². The van der Waals surface area contributed by atoms with Crippen molar-refractivity contribution in [3.63, 3.8) is 0 Å². The molecule has 1 saturated carbocycles. The van der Waals surface area contributed by atoms with E-state index in [0.717, 1.165) is 19.5 Å². The maximum atomic E-state index is 10.4. The van der Waals surface area contributed by atoms with E-state index >= 15 is 0 Å². The summed E-state index contributed by atoms with van der Waals surface area (Å²) in [4.78, 5) is 2.64. The molecule has 3 heteroatoms. The van der Waals surface area contributed by atoms with Crippen LogP contribution in [0.5, 0.6) is 0 Å². The quantitative estimate of drug-likeness (QED) is 0.836. The minimum absolute atomic E-state index is 0.0350. The van der Waals surface area contributed by atoms with E-state index in [1.807, 2.05) is 0 Å². The Balaban J connectivity index is 1.92. The van der Waals surface area contributed by atoms with Gasteiger partial charge in [-0.3, -0.25) is 4.90 Å². The van der Waals surface area contributed by atoms with Gasteiger partial charge in [0.25, 0.3) is 0 Å². The molecule has 2 atom stereocenters. The summed E-state index contributed by atoms with van der Waals surface area (Å²) in [6.07, 6.45) is 4.96. The molecule has 126 valence electrons. The third-order valence-corrected chi connectivity index (χ3v) is 6.77. The van der Waals surface area contributed by atoms with Gasteiger partial charge < -0.3 is 5.11 Å². The molecule has 2 aliphatic rings. The first kappa shape index (κ1) is 16.9. The number of hydrogen-bond donors (Lipinski definition) is 1. The monoisotopic (exact) mass is 329 g/mol. The van der Waals surface area contributed by atoms with E-state index in [4.69, 9.17) is 0 Å². The van der Waals surface area contributed by atoms with E-state index in [-0.39, 0.29) is 5.41 Å². The molecular formula is C20H31NOSi. The maximum Gasteiger partial charge on any atom is 0.0687 e. The van der Waals surface area contributed by atoms with Gasteiger partial charge in [-0.1, -0.05) is 74.1 Å². The van der Waals surface area contributed by atoms with Gasteiger partial charge in [0.1, 0.15) is 0 Å². The Morgan fingerprint density at radius 3 is 2.61 bits per heavy atom. The Morgan fingerprint density at radius 2 is 1.96 bits per heavy atom. The summed E-state index contributed by atoms with van der Waals surface area (Å²) in [5.74, 6) is 0. The first-order chi connectivity index (χ1) is 10.9.